The minimum Gasteiger partial charge on any atom is -0.493 e. The number of benzene rings is 1. The van der Waals surface area contributed by atoms with Gasteiger partial charge < -0.3 is 19.9 Å². The smallest absolute Gasteiger partial charge is 0.411 e. The first-order valence-corrected chi connectivity index (χ1v) is 6.49. The van der Waals surface area contributed by atoms with Crippen molar-refractivity contribution < 1.29 is 27.4 Å². The second-order valence-electron chi connectivity index (χ2n) is 4.10. The standard InChI is InChI=1S/C13H16F3NO3S/c1-18-11-7-9(12(17)21)3-4-10(11)20-6-2-5-19-8-13(14,15)16/h3-4,7H,2,5-6,8H2,1H3,(H2,17,21). The number of hydrogen-bond donors (Lipinski definition) is 1. The molecule has 21 heavy (non-hydrogen) atoms. The predicted octanol–water partition coefficient (Wildman–Crippen LogP) is 2.68. The Morgan fingerprint density at radius 3 is 2.52 bits per heavy atom. The van der Waals surface area contributed by atoms with Gasteiger partial charge in [0.05, 0.1) is 20.3 Å². The molecule has 1 aromatic carbocycles. The Morgan fingerprint density at radius 1 is 1.24 bits per heavy atom. The van der Waals surface area contributed by atoms with E-state index in [0.717, 1.165) is 0 Å². The molecule has 0 radical (unpaired) electrons. The summed E-state index contributed by atoms with van der Waals surface area (Å²) in [6, 6.07) is 4.96. The van der Waals surface area contributed by atoms with Gasteiger partial charge in [0.25, 0.3) is 0 Å². The summed E-state index contributed by atoms with van der Waals surface area (Å²) in [7, 11) is 1.47. The molecule has 0 unspecified atom stereocenters. The minimum absolute atomic E-state index is 0.0349. The van der Waals surface area contributed by atoms with Crippen LogP contribution in [0.25, 0.3) is 0 Å². The zero-order valence-corrected chi connectivity index (χ0v) is 12.2. The summed E-state index contributed by atoms with van der Waals surface area (Å²) in [5.74, 6) is 0.921. The highest BCUT2D eigenvalue weighted by Gasteiger charge is 2.27. The number of halogens is 3. The fourth-order valence-corrected chi connectivity index (χ4v) is 1.60. The lowest BCUT2D eigenvalue weighted by Gasteiger charge is -2.12. The number of methoxy groups -OCH3 is 1. The van der Waals surface area contributed by atoms with Crippen molar-refractivity contribution >= 4 is 17.2 Å². The minimum atomic E-state index is -4.31. The van der Waals surface area contributed by atoms with Crippen LogP contribution < -0.4 is 15.2 Å². The van der Waals surface area contributed by atoms with Gasteiger partial charge in [-0.1, -0.05) is 12.2 Å². The van der Waals surface area contributed by atoms with Gasteiger partial charge in [0.15, 0.2) is 11.5 Å². The highest BCUT2D eigenvalue weighted by molar-refractivity contribution is 7.80. The number of thiocarbonyl (C=S) groups is 1. The van der Waals surface area contributed by atoms with Crippen LogP contribution in [0.15, 0.2) is 18.2 Å². The molecule has 0 fully saturated rings. The van der Waals surface area contributed by atoms with Gasteiger partial charge in [-0.25, -0.2) is 0 Å². The largest absolute Gasteiger partial charge is 0.493 e. The summed E-state index contributed by atoms with van der Waals surface area (Å²) < 4.78 is 50.6. The second-order valence-corrected chi connectivity index (χ2v) is 4.54. The van der Waals surface area contributed by atoms with Crippen molar-refractivity contribution in [1.29, 1.82) is 0 Å². The maximum absolute atomic E-state index is 11.8. The summed E-state index contributed by atoms with van der Waals surface area (Å²) in [6.07, 6.45) is -3.98. The van der Waals surface area contributed by atoms with E-state index in [-0.39, 0.29) is 18.2 Å². The molecule has 0 aliphatic carbocycles. The van der Waals surface area contributed by atoms with Gasteiger partial charge in [-0.05, 0) is 18.2 Å². The third-order valence-electron chi connectivity index (χ3n) is 2.40. The Bertz CT molecular complexity index is 480. The van der Waals surface area contributed by atoms with E-state index in [2.05, 4.69) is 4.74 Å². The van der Waals surface area contributed by atoms with Gasteiger partial charge >= 0.3 is 6.18 Å². The van der Waals surface area contributed by atoms with Crippen LogP contribution in [0, 0.1) is 0 Å². The molecule has 0 aliphatic heterocycles. The third kappa shape index (κ3) is 6.63. The van der Waals surface area contributed by atoms with E-state index in [1.54, 1.807) is 18.2 Å². The van der Waals surface area contributed by atoms with E-state index >= 15 is 0 Å². The van der Waals surface area contributed by atoms with Gasteiger partial charge in [0.1, 0.15) is 11.6 Å². The molecule has 0 atom stereocenters. The number of hydrogen-bond acceptors (Lipinski definition) is 4. The monoisotopic (exact) mass is 323 g/mol. The zero-order valence-electron chi connectivity index (χ0n) is 11.4. The molecule has 0 spiro atoms. The van der Waals surface area contributed by atoms with E-state index < -0.39 is 12.8 Å². The number of alkyl halides is 3. The fraction of sp³-hybridized carbons (Fsp3) is 0.462. The molecule has 4 nitrogen and oxygen atoms in total. The van der Waals surface area contributed by atoms with Crippen molar-refractivity contribution in [2.75, 3.05) is 26.9 Å². The van der Waals surface area contributed by atoms with Gasteiger partial charge in [-0.2, -0.15) is 13.2 Å². The summed E-state index contributed by atoms with van der Waals surface area (Å²) >= 11 is 4.85. The SMILES string of the molecule is COc1cc(C(N)=S)ccc1OCCCOCC(F)(F)F. The Labute approximate surface area is 126 Å². The van der Waals surface area contributed by atoms with Crippen LogP contribution in [0.3, 0.4) is 0 Å². The predicted molar refractivity (Wildman–Crippen MR) is 75.9 cm³/mol. The third-order valence-corrected chi connectivity index (χ3v) is 2.64. The number of ether oxygens (including phenoxy) is 3. The average molecular weight is 323 g/mol. The van der Waals surface area contributed by atoms with Crippen LogP contribution in [0.4, 0.5) is 13.2 Å². The molecule has 0 bridgehead atoms. The summed E-state index contributed by atoms with van der Waals surface area (Å²) in [5.41, 5.74) is 6.15. The summed E-state index contributed by atoms with van der Waals surface area (Å²) in [4.78, 5) is 0.236. The Morgan fingerprint density at radius 2 is 1.95 bits per heavy atom. The molecule has 2 N–H and O–H groups in total. The lowest BCUT2D eigenvalue weighted by Crippen LogP contribution is -2.18. The van der Waals surface area contributed by atoms with Gasteiger partial charge in [0, 0.05) is 12.0 Å². The van der Waals surface area contributed by atoms with Crippen LogP contribution in [0.1, 0.15) is 12.0 Å². The molecular formula is C13H16F3NO3S. The van der Waals surface area contributed by atoms with E-state index in [1.807, 2.05) is 0 Å². The highest BCUT2D eigenvalue weighted by atomic mass is 32.1. The normalized spacial score (nSPS) is 11.2. The molecule has 0 heterocycles. The highest BCUT2D eigenvalue weighted by Crippen LogP contribution is 2.28. The first kappa shape index (κ1) is 17.5. The van der Waals surface area contributed by atoms with Crippen LogP contribution in [0.5, 0.6) is 11.5 Å². The quantitative estimate of drug-likeness (QED) is 0.589. The van der Waals surface area contributed by atoms with Crippen LogP contribution in [0.2, 0.25) is 0 Å². The van der Waals surface area contributed by atoms with Crippen molar-refractivity contribution in [3.63, 3.8) is 0 Å². The van der Waals surface area contributed by atoms with Gasteiger partial charge in [0.2, 0.25) is 0 Å². The molecular weight excluding hydrogens is 307 g/mol. The molecule has 1 aromatic rings. The maximum Gasteiger partial charge on any atom is 0.411 e. The Balaban J connectivity index is 2.40. The van der Waals surface area contributed by atoms with Crippen LogP contribution in [-0.2, 0) is 4.74 Å². The van der Waals surface area contributed by atoms with Gasteiger partial charge in [-0.15, -0.1) is 0 Å². The van der Waals surface area contributed by atoms with Crippen molar-refractivity contribution in [3.05, 3.63) is 23.8 Å². The van der Waals surface area contributed by atoms with E-state index in [0.29, 0.717) is 23.5 Å². The van der Waals surface area contributed by atoms with Crippen molar-refractivity contribution in [1.82, 2.24) is 0 Å². The number of rotatable bonds is 8. The number of nitrogens with two attached hydrogens (primary N) is 1. The van der Waals surface area contributed by atoms with Crippen molar-refractivity contribution in [2.24, 2.45) is 5.73 Å². The van der Waals surface area contributed by atoms with E-state index in [4.69, 9.17) is 27.4 Å². The summed E-state index contributed by atoms with van der Waals surface area (Å²) in [5, 5.41) is 0. The molecule has 8 heteroatoms. The van der Waals surface area contributed by atoms with Crippen molar-refractivity contribution in [2.45, 2.75) is 12.6 Å². The average Bonchev–Trinajstić information content (AvgIpc) is 2.41. The second kappa shape index (κ2) is 8.04. The topological polar surface area (TPSA) is 53.7 Å². The molecule has 0 saturated carbocycles. The molecule has 1 rings (SSSR count). The molecule has 0 saturated heterocycles. The van der Waals surface area contributed by atoms with Crippen molar-refractivity contribution in [3.8, 4) is 11.5 Å². The van der Waals surface area contributed by atoms with Crippen LogP contribution >= 0.6 is 12.2 Å². The maximum atomic E-state index is 11.8. The molecule has 0 aliphatic rings. The Kier molecular flexibility index (Phi) is 6.70. The lowest BCUT2D eigenvalue weighted by atomic mass is 10.2. The zero-order chi connectivity index (χ0) is 15.9. The first-order valence-electron chi connectivity index (χ1n) is 6.08. The Hall–Kier alpha value is -1.54. The van der Waals surface area contributed by atoms with E-state index in [1.165, 1.54) is 7.11 Å². The molecule has 0 aromatic heterocycles. The summed E-state index contributed by atoms with van der Waals surface area (Å²) in [6.45, 7) is -1.08. The van der Waals surface area contributed by atoms with E-state index in [9.17, 15) is 13.2 Å². The fourth-order valence-electron chi connectivity index (χ4n) is 1.47. The first-order chi connectivity index (χ1) is 9.83. The molecule has 118 valence electrons. The molecule has 0 amide bonds. The van der Waals surface area contributed by atoms with Crippen LogP contribution in [-0.4, -0.2) is 38.1 Å². The van der Waals surface area contributed by atoms with Gasteiger partial charge in [-0.3, -0.25) is 0 Å². The lowest BCUT2D eigenvalue weighted by molar-refractivity contribution is -0.174.